The predicted octanol–water partition coefficient (Wildman–Crippen LogP) is 1.35. The summed E-state index contributed by atoms with van der Waals surface area (Å²) in [6.45, 7) is 2.92. The van der Waals surface area contributed by atoms with Gasteiger partial charge in [0.25, 0.3) is 0 Å². The first kappa shape index (κ1) is 5.15. The van der Waals surface area contributed by atoms with Crippen LogP contribution in [0.3, 0.4) is 0 Å². The summed E-state index contributed by atoms with van der Waals surface area (Å²) in [5.41, 5.74) is 0.938. The molecule has 0 fully saturated rings. The van der Waals surface area contributed by atoms with Crippen molar-refractivity contribution in [2.45, 2.75) is 6.92 Å². The maximum absolute atomic E-state index is 4.55. The fraction of sp³-hybridized carbons (Fsp3) is 0.400. The fourth-order valence-corrected chi connectivity index (χ4v) is 0.496. The molecule has 1 aromatic heterocycles. The Labute approximate surface area is 49.2 Å². The molecule has 0 amide bonds. The molecule has 0 saturated carbocycles. The Hall–Kier alpha value is -0.990. The van der Waals surface area contributed by atoms with Crippen molar-refractivity contribution in [1.82, 2.24) is 5.16 Å². The van der Waals surface area contributed by atoms with Gasteiger partial charge in [0.15, 0.2) is 0 Å². The Kier molecular flexibility index (Phi) is 1.51. The van der Waals surface area contributed by atoms with Gasteiger partial charge in [-0.1, -0.05) is 5.16 Å². The van der Waals surface area contributed by atoms with Crippen LogP contribution >= 0.6 is 0 Å². The van der Waals surface area contributed by atoms with Gasteiger partial charge in [-0.05, 0) is 6.92 Å². The summed E-state index contributed by atoms with van der Waals surface area (Å²) >= 11 is 0. The van der Waals surface area contributed by atoms with Crippen LogP contribution in [0.2, 0.25) is 0 Å². The largest absolute Gasteiger partial charge is 0.381 e. The maximum Gasteiger partial charge on any atom is 0.146 e. The minimum Gasteiger partial charge on any atom is -0.381 e. The lowest BCUT2D eigenvalue weighted by Gasteiger charge is -1.91. The SMILES string of the molecule is CCNc1cnoc1.[HH]. The van der Waals surface area contributed by atoms with Crippen LogP contribution < -0.4 is 5.32 Å². The van der Waals surface area contributed by atoms with Crippen LogP contribution in [-0.2, 0) is 0 Å². The van der Waals surface area contributed by atoms with Crippen LogP contribution in [0, 0.1) is 0 Å². The number of hydrogen-bond acceptors (Lipinski definition) is 3. The molecule has 46 valence electrons. The van der Waals surface area contributed by atoms with Crippen LogP contribution in [0.25, 0.3) is 0 Å². The third kappa shape index (κ3) is 0.992. The molecule has 8 heavy (non-hydrogen) atoms. The summed E-state index contributed by atoms with van der Waals surface area (Å²) in [7, 11) is 0. The van der Waals surface area contributed by atoms with E-state index in [1.165, 1.54) is 0 Å². The molecule has 0 aliphatic rings. The van der Waals surface area contributed by atoms with Crippen molar-refractivity contribution in [3.8, 4) is 0 Å². The Morgan fingerprint density at radius 1 is 2.00 bits per heavy atom. The van der Waals surface area contributed by atoms with Crippen molar-refractivity contribution in [2.24, 2.45) is 0 Å². The molecule has 0 aromatic carbocycles. The van der Waals surface area contributed by atoms with Gasteiger partial charge in [-0.15, -0.1) is 0 Å². The first-order chi connectivity index (χ1) is 3.93. The summed E-state index contributed by atoms with van der Waals surface area (Å²) < 4.78 is 4.55. The molecule has 1 N–H and O–H groups in total. The molecular weight excluding hydrogens is 104 g/mol. The van der Waals surface area contributed by atoms with Gasteiger partial charge in [-0.3, -0.25) is 0 Å². The Bertz CT molecular complexity index is 141. The third-order valence-corrected chi connectivity index (χ3v) is 0.813. The highest BCUT2D eigenvalue weighted by Crippen LogP contribution is 2.00. The number of aromatic nitrogens is 1. The van der Waals surface area contributed by atoms with Gasteiger partial charge >= 0.3 is 0 Å². The average Bonchev–Trinajstić information content (AvgIpc) is 2.19. The van der Waals surface area contributed by atoms with Crippen molar-refractivity contribution in [1.29, 1.82) is 0 Å². The van der Waals surface area contributed by atoms with E-state index in [4.69, 9.17) is 0 Å². The fourth-order valence-electron chi connectivity index (χ4n) is 0.496. The normalized spacial score (nSPS) is 9.12. The molecule has 1 aromatic rings. The average molecular weight is 114 g/mol. The molecule has 0 aliphatic carbocycles. The maximum atomic E-state index is 4.55. The number of hydrogen-bond donors (Lipinski definition) is 1. The number of nitrogens with zero attached hydrogens (tertiary/aromatic N) is 1. The zero-order chi connectivity index (χ0) is 5.82. The molecular formula is C5H10N2O. The molecule has 0 unspecified atom stereocenters. The quantitative estimate of drug-likeness (QED) is 0.630. The van der Waals surface area contributed by atoms with E-state index in [1.807, 2.05) is 6.92 Å². The van der Waals surface area contributed by atoms with Gasteiger partial charge < -0.3 is 9.84 Å². The van der Waals surface area contributed by atoms with E-state index in [0.29, 0.717) is 0 Å². The minimum absolute atomic E-state index is 0. The number of nitrogens with one attached hydrogen (secondary N) is 1. The second-order valence-corrected chi connectivity index (χ2v) is 1.44. The van der Waals surface area contributed by atoms with Gasteiger partial charge in [-0.2, -0.15) is 0 Å². The molecule has 0 spiro atoms. The second-order valence-electron chi connectivity index (χ2n) is 1.44. The highest BCUT2D eigenvalue weighted by Gasteiger charge is 1.87. The molecule has 0 aliphatic heterocycles. The van der Waals surface area contributed by atoms with Gasteiger partial charge in [0, 0.05) is 7.97 Å². The standard InChI is InChI=1S/C5H8N2O.H2/c1-2-6-5-3-7-8-4-5;/h3-4,6H,2H2,1H3;1H. The molecule has 1 heterocycles. The molecule has 0 atom stereocenters. The third-order valence-electron chi connectivity index (χ3n) is 0.813. The van der Waals surface area contributed by atoms with Gasteiger partial charge in [0.05, 0.1) is 11.9 Å². The summed E-state index contributed by atoms with van der Waals surface area (Å²) in [6.07, 6.45) is 3.22. The van der Waals surface area contributed by atoms with E-state index in [9.17, 15) is 0 Å². The van der Waals surface area contributed by atoms with Gasteiger partial charge in [0.1, 0.15) is 6.26 Å². The predicted molar refractivity (Wildman–Crippen MR) is 32.8 cm³/mol. The molecule has 3 heteroatoms. The zero-order valence-electron chi connectivity index (χ0n) is 4.72. The van der Waals surface area contributed by atoms with Crippen LogP contribution in [0.15, 0.2) is 17.0 Å². The van der Waals surface area contributed by atoms with E-state index in [1.54, 1.807) is 12.5 Å². The summed E-state index contributed by atoms with van der Waals surface area (Å²) in [5.74, 6) is 0. The first-order valence-corrected chi connectivity index (χ1v) is 2.56. The van der Waals surface area contributed by atoms with E-state index in [2.05, 4.69) is 15.0 Å². The highest BCUT2D eigenvalue weighted by atomic mass is 16.5. The lowest BCUT2D eigenvalue weighted by atomic mass is 10.5. The first-order valence-electron chi connectivity index (χ1n) is 2.56. The highest BCUT2D eigenvalue weighted by molar-refractivity contribution is 5.35. The number of rotatable bonds is 2. The Balaban J connectivity index is 0.000000640. The van der Waals surface area contributed by atoms with E-state index >= 15 is 0 Å². The Morgan fingerprint density at radius 3 is 3.38 bits per heavy atom. The van der Waals surface area contributed by atoms with Crippen LogP contribution in [0.1, 0.15) is 8.35 Å². The molecule has 1 rings (SSSR count). The van der Waals surface area contributed by atoms with Crippen molar-refractivity contribution >= 4 is 5.69 Å². The van der Waals surface area contributed by atoms with Crippen LogP contribution in [0.4, 0.5) is 5.69 Å². The zero-order valence-corrected chi connectivity index (χ0v) is 4.72. The van der Waals surface area contributed by atoms with E-state index in [-0.39, 0.29) is 1.43 Å². The smallest absolute Gasteiger partial charge is 0.146 e. The Morgan fingerprint density at radius 2 is 2.88 bits per heavy atom. The summed E-state index contributed by atoms with van der Waals surface area (Å²) in [4.78, 5) is 0. The van der Waals surface area contributed by atoms with Crippen molar-refractivity contribution in [2.75, 3.05) is 11.9 Å². The number of anilines is 1. The molecule has 0 radical (unpaired) electrons. The van der Waals surface area contributed by atoms with Crippen molar-refractivity contribution in [3.05, 3.63) is 12.5 Å². The molecule has 0 bridgehead atoms. The lowest BCUT2D eigenvalue weighted by Crippen LogP contribution is -1.93. The van der Waals surface area contributed by atoms with Crippen molar-refractivity contribution in [3.63, 3.8) is 0 Å². The molecule has 3 nitrogen and oxygen atoms in total. The van der Waals surface area contributed by atoms with Crippen LogP contribution in [0.5, 0.6) is 0 Å². The van der Waals surface area contributed by atoms with E-state index in [0.717, 1.165) is 12.2 Å². The monoisotopic (exact) mass is 114 g/mol. The lowest BCUT2D eigenvalue weighted by molar-refractivity contribution is 0.420. The second kappa shape index (κ2) is 2.35. The summed E-state index contributed by atoms with van der Waals surface area (Å²) in [6, 6.07) is 0. The van der Waals surface area contributed by atoms with Crippen LogP contribution in [-0.4, -0.2) is 11.7 Å². The topological polar surface area (TPSA) is 38.1 Å². The van der Waals surface area contributed by atoms with E-state index < -0.39 is 0 Å². The van der Waals surface area contributed by atoms with Gasteiger partial charge in [-0.25, -0.2) is 0 Å². The minimum atomic E-state index is 0. The van der Waals surface area contributed by atoms with Gasteiger partial charge in [0.2, 0.25) is 0 Å². The molecule has 0 saturated heterocycles. The van der Waals surface area contributed by atoms with Crippen molar-refractivity contribution < 1.29 is 5.95 Å². The summed E-state index contributed by atoms with van der Waals surface area (Å²) in [5, 5.41) is 6.53.